The van der Waals surface area contributed by atoms with Crippen LogP contribution < -0.4 is 63.9 Å². The standard InChI is InChI=1S/C39H39BN2.C37H37BN2.C33H31BN2/c1-22-13-14-32-27(15-22)28-16-23(2)18-30-36(28)41(32)33-11-8-12-34-35(33)40(30)31-19-24(3)17-29-37(31)42(34)39(5)21-26-10-7-6-9-25(26)20-38(29,39)4;1-6-36-15-8-9-16-37(36,7-2)40-32-12-10-11-31-33(32)38(29-21-24(5)19-27(36)35(29)40)28-20-23(4)18-26-25-17-22(3)13-14-30(25)39(31)34(26)28;1-18-11-12-26-21(13-18)22-14-19(2)16-24-30(22)35(26)27-9-8-10-28-29(27)34(24)25-17-20(3)15-23-31(25)36(28)33(6,7)32(23,4)5/h8,11-19,25-26H,6-7,9-10,20-21H2,1-5H3;10-14,17-21H,6-9,15-16H2,1-5H3;8-17H,1-7H3. The first-order valence-electron chi connectivity index (χ1n) is 45.2. The van der Waals surface area contributed by atoms with Crippen LogP contribution in [0.1, 0.15) is 199 Å². The molecule has 12 aliphatic rings. The molecular formula is C109H107B3N6. The number of aryl methyl sites for hydroxylation is 9. The Balaban J connectivity index is 0.0000000989. The molecule has 15 aromatic rings. The van der Waals surface area contributed by atoms with Crippen molar-refractivity contribution in [3.8, 4) is 17.1 Å². The van der Waals surface area contributed by atoms with Crippen LogP contribution >= 0.6 is 0 Å². The zero-order valence-corrected chi connectivity index (χ0v) is 72.4. The van der Waals surface area contributed by atoms with Gasteiger partial charge in [-0.15, -0.1) is 0 Å². The number of hydrogen-bond acceptors (Lipinski definition) is 3. The summed E-state index contributed by atoms with van der Waals surface area (Å²) in [5.74, 6) is 1.73. The van der Waals surface area contributed by atoms with Crippen molar-refractivity contribution >= 4 is 169 Å². The van der Waals surface area contributed by atoms with E-state index < -0.39 is 0 Å². The SMILES string of the molecule is CCC12CCCCC1(CC)N1c3cccc4c3B(c3cc(C)cc2c31)c1cc(C)cc2c3cc(C)ccc3n-4c12.Cc1cc2c3c(c1)C(C)(C)C(C)(C)N3c1cccc3c1B2c1cc(C)cc2c4cc(C)ccc4n-3c12.Cc1cc2c3c(c1)C1(C)CC4CCCCC4CC1(C)N3c1cccc3c1B2c1cc(C)cc2c4cc(C)ccc4n-3c12. The van der Waals surface area contributed by atoms with Crippen LogP contribution in [0.25, 0.3) is 82.5 Å². The number of anilines is 6. The van der Waals surface area contributed by atoms with Gasteiger partial charge in [-0.2, -0.15) is 0 Å². The number of nitrogens with zero attached hydrogens (tertiary/aromatic N) is 6. The number of benzene rings is 12. The molecule has 9 aliphatic heterocycles. The van der Waals surface area contributed by atoms with Gasteiger partial charge in [-0.1, -0.05) is 214 Å². The van der Waals surface area contributed by atoms with Crippen LogP contribution in [0.4, 0.5) is 34.1 Å². The Hall–Kier alpha value is -10.4. The first kappa shape index (κ1) is 70.6. The lowest BCUT2D eigenvalue weighted by Crippen LogP contribution is -2.65. The molecule has 27 rings (SSSR count). The summed E-state index contributed by atoms with van der Waals surface area (Å²) < 4.78 is 7.79. The van der Waals surface area contributed by atoms with Gasteiger partial charge in [0.2, 0.25) is 0 Å². The van der Waals surface area contributed by atoms with Gasteiger partial charge in [-0.3, -0.25) is 0 Å². The van der Waals surface area contributed by atoms with E-state index in [4.69, 9.17) is 0 Å². The van der Waals surface area contributed by atoms with Gasteiger partial charge in [0, 0.05) is 122 Å². The van der Waals surface area contributed by atoms with Gasteiger partial charge in [-0.05, 0) is 290 Å². The lowest BCUT2D eigenvalue weighted by molar-refractivity contribution is 0.0581. The van der Waals surface area contributed by atoms with Crippen LogP contribution in [0, 0.1) is 74.1 Å². The molecule has 118 heavy (non-hydrogen) atoms. The van der Waals surface area contributed by atoms with E-state index in [-0.39, 0.29) is 53.0 Å². The zero-order chi connectivity index (χ0) is 80.3. The molecule has 3 aromatic heterocycles. The highest BCUT2D eigenvalue weighted by atomic mass is 15.3. The van der Waals surface area contributed by atoms with Crippen molar-refractivity contribution in [1.29, 1.82) is 0 Å². The maximum Gasteiger partial charge on any atom is 0.252 e. The molecule has 0 bridgehead atoms. The lowest BCUT2D eigenvalue weighted by Gasteiger charge is -2.57. The summed E-state index contributed by atoms with van der Waals surface area (Å²) in [4.78, 5) is 8.48. The van der Waals surface area contributed by atoms with Crippen molar-refractivity contribution in [3.05, 3.63) is 249 Å². The normalized spacial score (nSPS) is 23.4. The first-order valence-corrected chi connectivity index (χ1v) is 45.2. The number of hydrogen-bond donors (Lipinski definition) is 0. The topological polar surface area (TPSA) is 24.5 Å². The fourth-order valence-corrected chi connectivity index (χ4v) is 28.9. The largest absolute Gasteiger partial charge is 0.336 e. The molecular weight excluding hydrogens is 1430 g/mol. The fourth-order valence-electron chi connectivity index (χ4n) is 28.9. The predicted octanol–water partition coefficient (Wildman–Crippen LogP) is 21.1. The average molecular weight is 1530 g/mol. The minimum absolute atomic E-state index is 0.0286. The highest BCUT2D eigenvalue weighted by Crippen LogP contribution is 2.67. The second kappa shape index (κ2) is 23.2. The van der Waals surface area contributed by atoms with Gasteiger partial charge in [0.05, 0.1) is 27.6 Å². The van der Waals surface area contributed by atoms with E-state index in [1.807, 2.05) is 0 Å². The minimum Gasteiger partial charge on any atom is -0.336 e. The summed E-state index contributed by atoms with van der Waals surface area (Å²) >= 11 is 0. The van der Waals surface area contributed by atoms with E-state index in [1.54, 1.807) is 33.4 Å². The van der Waals surface area contributed by atoms with Crippen molar-refractivity contribution in [2.75, 3.05) is 14.7 Å². The third-order valence-electron chi connectivity index (χ3n) is 34.4. The van der Waals surface area contributed by atoms with E-state index in [2.05, 4.69) is 328 Å². The second-order valence-electron chi connectivity index (χ2n) is 41.0. The third kappa shape index (κ3) is 8.28. The summed E-state index contributed by atoms with van der Waals surface area (Å²) in [6.45, 7) is 41.2. The first-order chi connectivity index (χ1) is 56.8. The molecule has 6 atom stereocenters. The molecule has 582 valence electrons. The molecule has 9 heteroatoms. The van der Waals surface area contributed by atoms with E-state index in [1.165, 1.54) is 276 Å². The molecule has 3 saturated carbocycles. The van der Waals surface area contributed by atoms with Gasteiger partial charge >= 0.3 is 0 Å². The molecule has 12 heterocycles. The Bertz CT molecular complexity index is 7170. The average Bonchev–Trinajstić information content (AvgIpc) is 1.49. The fraction of sp³-hybridized carbons (Fsp3) is 0.339. The van der Waals surface area contributed by atoms with Crippen molar-refractivity contribution in [1.82, 2.24) is 13.7 Å². The number of fused-ring (bicyclic) bond motifs is 28. The van der Waals surface area contributed by atoms with Crippen LogP contribution in [-0.2, 0) is 16.2 Å². The van der Waals surface area contributed by atoms with Crippen molar-refractivity contribution in [2.45, 2.75) is 228 Å². The maximum atomic E-state index is 2.91. The van der Waals surface area contributed by atoms with Crippen LogP contribution in [0.5, 0.6) is 0 Å². The minimum atomic E-state index is -0.0456. The van der Waals surface area contributed by atoms with Gasteiger partial charge < -0.3 is 28.4 Å². The predicted molar refractivity (Wildman–Crippen MR) is 506 cm³/mol. The Kier molecular flexibility index (Phi) is 13.9. The van der Waals surface area contributed by atoms with Crippen LogP contribution in [0.3, 0.4) is 0 Å². The smallest absolute Gasteiger partial charge is 0.252 e. The number of aromatic nitrogens is 3. The molecule has 12 aromatic carbocycles. The van der Waals surface area contributed by atoms with Crippen molar-refractivity contribution in [3.63, 3.8) is 0 Å². The van der Waals surface area contributed by atoms with Crippen LogP contribution in [0.15, 0.2) is 182 Å². The van der Waals surface area contributed by atoms with E-state index in [9.17, 15) is 0 Å². The second-order valence-corrected chi connectivity index (χ2v) is 41.0. The Morgan fingerprint density at radius 1 is 0.331 bits per heavy atom. The van der Waals surface area contributed by atoms with Crippen LogP contribution in [0.2, 0.25) is 0 Å². The van der Waals surface area contributed by atoms with E-state index in [0.29, 0.717) is 0 Å². The van der Waals surface area contributed by atoms with Gasteiger partial charge in [-0.25, -0.2) is 0 Å². The quantitative estimate of drug-likeness (QED) is 0.161. The number of rotatable bonds is 2. The summed E-state index contributed by atoms with van der Waals surface area (Å²) in [6, 6.07) is 72.4. The third-order valence-corrected chi connectivity index (χ3v) is 34.4. The molecule has 0 radical (unpaired) electrons. The monoisotopic (exact) mass is 1530 g/mol. The van der Waals surface area contributed by atoms with E-state index >= 15 is 0 Å². The summed E-state index contributed by atoms with van der Waals surface area (Å²) in [7, 11) is 0. The summed E-state index contributed by atoms with van der Waals surface area (Å²) in [5, 5.41) is 8.32. The summed E-state index contributed by atoms with van der Waals surface area (Å²) in [5.41, 5.74) is 52.2. The highest BCUT2D eigenvalue weighted by Gasteiger charge is 2.67. The Morgan fingerprint density at radius 2 is 0.695 bits per heavy atom. The molecule has 6 unspecified atom stereocenters. The maximum absolute atomic E-state index is 2.91. The van der Waals surface area contributed by atoms with Crippen molar-refractivity contribution in [2.24, 2.45) is 11.8 Å². The summed E-state index contributed by atoms with van der Waals surface area (Å²) in [6.07, 6.45) is 16.0. The molecule has 0 saturated heterocycles. The van der Waals surface area contributed by atoms with Gasteiger partial charge in [0.15, 0.2) is 0 Å². The molecule has 6 nitrogen and oxygen atoms in total. The van der Waals surface area contributed by atoms with Gasteiger partial charge in [0.25, 0.3) is 20.1 Å². The zero-order valence-electron chi connectivity index (χ0n) is 72.4. The Morgan fingerprint density at radius 3 is 1.14 bits per heavy atom. The Labute approximate surface area is 697 Å². The molecule has 3 aliphatic carbocycles. The van der Waals surface area contributed by atoms with Crippen molar-refractivity contribution < 1.29 is 0 Å². The van der Waals surface area contributed by atoms with Crippen LogP contribution in [-0.4, -0.2) is 50.5 Å². The molecule has 3 fully saturated rings. The van der Waals surface area contributed by atoms with E-state index in [0.717, 1.165) is 11.8 Å². The molecule has 0 spiro atoms. The highest BCUT2D eigenvalue weighted by molar-refractivity contribution is 7.02. The molecule has 0 amide bonds. The van der Waals surface area contributed by atoms with Gasteiger partial charge in [0.1, 0.15) is 0 Å². The molecule has 0 N–H and O–H groups in total. The lowest BCUT2D eigenvalue weighted by atomic mass is 9.33.